The van der Waals surface area contributed by atoms with Crippen molar-refractivity contribution < 1.29 is 9.53 Å². The number of hydrogen-bond donors (Lipinski definition) is 1. The number of amides is 1. The van der Waals surface area contributed by atoms with Gasteiger partial charge in [0.05, 0.1) is 0 Å². The Hall–Kier alpha value is -1.55. The van der Waals surface area contributed by atoms with Gasteiger partial charge in [-0.1, -0.05) is 24.3 Å². The highest BCUT2D eigenvalue weighted by Gasteiger charge is 2.29. The average Bonchev–Trinajstić information content (AvgIpc) is 2.35. The molecule has 4 heteroatoms. The second kappa shape index (κ2) is 5.21. The molecular formula is C15H22N2O2. The lowest BCUT2D eigenvalue weighted by molar-refractivity contribution is 0.0207. The molecule has 1 unspecified atom stereocenters. The van der Waals surface area contributed by atoms with E-state index in [0.717, 1.165) is 5.56 Å². The quantitative estimate of drug-likeness (QED) is 0.846. The summed E-state index contributed by atoms with van der Waals surface area (Å²) in [6.45, 7) is 7.40. The second-order valence-electron chi connectivity index (χ2n) is 5.99. The van der Waals surface area contributed by atoms with Gasteiger partial charge in [0.15, 0.2) is 0 Å². The van der Waals surface area contributed by atoms with Gasteiger partial charge >= 0.3 is 6.09 Å². The Morgan fingerprint density at radius 3 is 2.74 bits per heavy atom. The van der Waals surface area contributed by atoms with Crippen LogP contribution < -0.4 is 5.73 Å². The summed E-state index contributed by atoms with van der Waals surface area (Å²) in [7, 11) is 0. The van der Waals surface area contributed by atoms with E-state index >= 15 is 0 Å². The Kier molecular flexibility index (Phi) is 3.80. The monoisotopic (exact) mass is 262 g/mol. The molecule has 19 heavy (non-hydrogen) atoms. The van der Waals surface area contributed by atoms with Gasteiger partial charge in [0, 0.05) is 25.6 Å². The summed E-state index contributed by atoms with van der Waals surface area (Å²) in [5.74, 6) is 0.192. The van der Waals surface area contributed by atoms with Crippen molar-refractivity contribution in [1.82, 2.24) is 4.90 Å². The fraction of sp³-hybridized carbons (Fsp3) is 0.533. The van der Waals surface area contributed by atoms with E-state index in [4.69, 9.17) is 10.5 Å². The average molecular weight is 262 g/mol. The lowest BCUT2D eigenvalue weighted by Gasteiger charge is -2.35. The molecule has 0 aromatic heterocycles. The molecule has 4 nitrogen and oxygen atoms in total. The maximum absolute atomic E-state index is 12.1. The number of hydrogen-bond acceptors (Lipinski definition) is 3. The van der Waals surface area contributed by atoms with Crippen LogP contribution in [0.15, 0.2) is 24.3 Å². The third kappa shape index (κ3) is 3.26. The van der Waals surface area contributed by atoms with Gasteiger partial charge in [0.1, 0.15) is 5.60 Å². The van der Waals surface area contributed by atoms with Crippen molar-refractivity contribution in [2.75, 3.05) is 13.1 Å². The molecule has 1 aliphatic rings. The second-order valence-corrected chi connectivity index (χ2v) is 5.99. The van der Waals surface area contributed by atoms with Crippen LogP contribution in [0.1, 0.15) is 37.8 Å². The molecule has 2 rings (SSSR count). The van der Waals surface area contributed by atoms with Crippen molar-refractivity contribution in [3.8, 4) is 0 Å². The zero-order chi connectivity index (χ0) is 14.0. The molecule has 0 saturated carbocycles. The molecule has 1 amide bonds. The summed E-state index contributed by atoms with van der Waals surface area (Å²) in [6, 6.07) is 8.16. The number of fused-ring (bicyclic) bond motifs is 1. The van der Waals surface area contributed by atoms with Gasteiger partial charge in [0.2, 0.25) is 0 Å². The van der Waals surface area contributed by atoms with Crippen LogP contribution >= 0.6 is 0 Å². The van der Waals surface area contributed by atoms with E-state index in [1.165, 1.54) is 5.56 Å². The topological polar surface area (TPSA) is 55.6 Å². The summed E-state index contributed by atoms with van der Waals surface area (Å²) in [5.41, 5.74) is 7.78. The Morgan fingerprint density at radius 1 is 1.42 bits per heavy atom. The summed E-state index contributed by atoms with van der Waals surface area (Å²) >= 11 is 0. The molecule has 0 bridgehead atoms. The molecule has 0 fully saturated rings. The first kappa shape index (κ1) is 13.9. The summed E-state index contributed by atoms with van der Waals surface area (Å²) < 4.78 is 5.43. The van der Waals surface area contributed by atoms with E-state index in [1.807, 2.05) is 32.9 Å². The Morgan fingerprint density at radius 2 is 2.11 bits per heavy atom. The predicted octanol–water partition coefficient (Wildman–Crippen LogP) is 2.48. The van der Waals surface area contributed by atoms with Crippen molar-refractivity contribution in [2.45, 2.75) is 38.8 Å². The third-order valence-electron chi connectivity index (χ3n) is 3.23. The lowest BCUT2D eigenvalue weighted by atomic mass is 9.90. The minimum absolute atomic E-state index is 0.192. The van der Waals surface area contributed by atoms with Crippen LogP contribution in [0.3, 0.4) is 0 Å². The normalized spacial score (nSPS) is 18.9. The highest BCUT2D eigenvalue weighted by atomic mass is 16.6. The maximum Gasteiger partial charge on any atom is 0.410 e. The highest BCUT2D eigenvalue weighted by Crippen LogP contribution is 2.28. The van der Waals surface area contributed by atoms with E-state index in [-0.39, 0.29) is 12.0 Å². The van der Waals surface area contributed by atoms with E-state index in [2.05, 4.69) is 12.1 Å². The van der Waals surface area contributed by atoms with Gasteiger partial charge in [-0.3, -0.25) is 0 Å². The maximum atomic E-state index is 12.1. The highest BCUT2D eigenvalue weighted by molar-refractivity contribution is 5.69. The Labute approximate surface area is 114 Å². The molecule has 1 aliphatic heterocycles. The number of carbonyl (C=O) groups is 1. The number of nitrogens with two attached hydrogens (primary N) is 1. The standard InChI is InChI=1S/C15H22N2O2/c1-15(2,3)19-14(18)17-9-11-6-4-5-7-13(11)12(8-16)10-17/h4-7,12H,8-10,16H2,1-3H3. The Bertz CT molecular complexity index is 465. The minimum Gasteiger partial charge on any atom is -0.444 e. The van der Waals surface area contributed by atoms with Crippen molar-refractivity contribution in [3.63, 3.8) is 0 Å². The first-order valence-electron chi connectivity index (χ1n) is 6.66. The molecule has 1 aromatic rings. The molecule has 104 valence electrons. The third-order valence-corrected chi connectivity index (χ3v) is 3.23. The van der Waals surface area contributed by atoms with E-state index in [9.17, 15) is 4.79 Å². The number of nitrogens with zero attached hydrogens (tertiary/aromatic N) is 1. The van der Waals surface area contributed by atoms with E-state index < -0.39 is 5.60 Å². The van der Waals surface area contributed by atoms with E-state index in [0.29, 0.717) is 19.6 Å². The summed E-state index contributed by atoms with van der Waals surface area (Å²) in [5, 5.41) is 0. The zero-order valence-electron chi connectivity index (χ0n) is 11.8. The summed E-state index contributed by atoms with van der Waals surface area (Å²) in [4.78, 5) is 13.9. The molecule has 1 aromatic carbocycles. The van der Waals surface area contributed by atoms with Gasteiger partial charge in [-0.2, -0.15) is 0 Å². The molecular weight excluding hydrogens is 240 g/mol. The van der Waals surface area contributed by atoms with Crippen LogP contribution in [-0.2, 0) is 11.3 Å². The number of ether oxygens (including phenoxy) is 1. The molecule has 0 spiro atoms. The van der Waals surface area contributed by atoms with Crippen molar-refractivity contribution in [2.24, 2.45) is 5.73 Å². The molecule has 2 N–H and O–H groups in total. The van der Waals surface area contributed by atoms with Crippen LogP contribution in [0.2, 0.25) is 0 Å². The van der Waals surface area contributed by atoms with Gasteiger partial charge in [-0.15, -0.1) is 0 Å². The Balaban J connectivity index is 2.17. The van der Waals surface area contributed by atoms with Crippen LogP contribution in [-0.4, -0.2) is 29.7 Å². The van der Waals surface area contributed by atoms with Crippen LogP contribution in [0.4, 0.5) is 4.79 Å². The number of benzene rings is 1. The molecule has 1 atom stereocenters. The zero-order valence-corrected chi connectivity index (χ0v) is 11.8. The van der Waals surface area contributed by atoms with Gasteiger partial charge in [0.25, 0.3) is 0 Å². The first-order valence-corrected chi connectivity index (χ1v) is 6.66. The lowest BCUT2D eigenvalue weighted by Crippen LogP contribution is -2.42. The molecule has 0 saturated heterocycles. The fourth-order valence-corrected chi connectivity index (χ4v) is 2.38. The van der Waals surface area contributed by atoms with Crippen LogP contribution in [0.25, 0.3) is 0 Å². The van der Waals surface area contributed by atoms with Crippen LogP contribution in [0, 0.1) is 0 Å². The largest absolute Gasteiger partial charge is 0.444 e. The first-order chi connectivity index (χ1) is 8.90. The summed E-state index contributed by atoms with van der Waals surface area (Å²) in [6.07, 6.45) is -0.263. The van der Waals surface area contributed by atoms with Crippen molar-refractivity contribution in [3.05, 3.63) is 35.4 Å². The predicted molar refractivity (Wildman–Crippen MR) is 74.9 cm³/mol. The van der Waals surface area contributed by atoms with Crippen LogP contribution in [0.5, 0.6) is 0 Å². The van der Waals surface area contributed by atoms with Gasteiger partial charge < -0.3 is 15.4 Å². The minimum atomic E-state index is -0.466. The number of carbonyl (C=O) groups excluding carboxylic acids is 1. The van der Waals surface area contributed by atoms with E-state index in [1.54, 1.807) is 4.90 Å². The molecule has 0 radical (unpaired) electrons. The SMILES string of the molecule is CC(C)(C)OC(=O)N1Cc2ccccc2C(CN)C1. The number of rotatable bonds is 1. The van der Waals surface area contributed by atoms with Crippen molar-refractivity contribution >= 4 is 6.09 Å². The smallest absolute Gasteiger partial charge is 0.410 e. The van der Waals surface area contributed by atoms with Gasteiger partial charge in [-0.25, -0.2) is 4.79 Å². The molecule has 1 heterocycles. The fourth-order valence-electron chi connectivity index (χ4n) is 2.38. The van der Waals surface area contributed by atoms with Crippen molar-refractivity contribution in [1.29, 1.82) is 0 Å². The molecule has 0 aliphatic carbocycles. The van der Waals surface area contributed by atoms with Gasteiger partial charge in [-0.05, 0) is 31.9 Å².